The van der Waals surface area contributed by atoms with Crippen molar-refractivity contribution in [1.82, 2.24) is 0 Å². The lowest BCUT2D eigenvalue weighted by Gasteiger charge is -2.33. The molecule has 0 atom stereocenters. The number of carbonyl (C=O) groups excluding carboxylic acids is 1. The van der Waals surface area contributed by atoms with Gasteiger partial charge in [0, 0.05) is 36.9 Å². The van der Waals surface area contributed by atoms with Crippen molar-refractivity contribution in [3.63, 3.8) is 0 Å². The summed E-state index contributed by atoms with van der Waals surface area (Å²) in [5, 5.41) is 3.85. The Hall–Kier alpha value is -1.99. The smallest absolute Gasteiger partial charge is 0.257 e. The van der Waals surface area contributed by atoms with Gasteiger partial charge in [0.25, 0.3) is 5.91 Å². The Labute approximate surface area is 180 Å². The molecule has 29 heavy (non-hydrogen) atoms. The molecule has 1 N–H and O–H groups in total. The van der Waals surface area contributed by atoms with Crippen LogP contribution >= 0.6 is 23.2 Å². The van der Waals surface area contributed by atoms with Crippen LogP contribution in [0.1, 0.15) is 10.4 Å². The summed E-state index contributed by atoms with van der Waals surface area (Å²) in [6, 6.07) is 11.0. The SMILES string of the molecule is O=C(Nc1ccc(N2CCOCC2)cc1N1CCOCC1)c1cc(Cl)ccc1Cl. The van der Waals surface area contributed by atoms with Crippen molar-refractivity contribution < 1.29 is 14.3 Å². The Kier molecular flexibility index (Phi) is 6.45. The molecule has 0 aliphatic carbocycles. The maximum absolute atomic E-state index is 12.9. The number of nitrogens with one attached hydrogen (secondary N) is 1. The van der Waals surface area contributed by atoms with Crippen LogP contribution in [0.4, 0.5) is 17.1 Å². The molecule has 6 nitrogen and oxygen atoms in total. The Morgan fingerprint density at radius 1 is 0.862 bits per heavy atom. The molecule has 2 aliphatic heterocycles. The number of carbonyl (C=O) groups is 1. The second-order valence-corrected chi connectivity index (χ2v) is 7.82. The second-order valence-electron chi connectivity index (χ2n) is 6.98. The van der Waals surface area contributed by atoms with Gasteiger partial charge in [0.05, 0.1) is 48.4 Å². The molecule has 2 aromatic rings. The van der Waals surface area contributed by atoms with Crippen LogP contribution in [0, 0.1) is 0 Å². The standard InChI is InChI=1S/C21H23Cl2N3O3/c22-15-1-3-18(23)17(13-15)21(27)24-19-4-2-16(25-5-9-28-10-6-25)14-20(19)26-7-11-29-12-8-26/h1-4,13-14H,5-12H2,(H,24,27). The van der Waals surface area contributed by atoms with Crippen LogP contribution in [0.3, 0.4) is 0 Å². The molecule has 2 aliphatic rings. The fourth-order valence-electron chi connectivity index (χ4n) is 3.57. The maximum Gasteiger partial charge on any atom is 0.257 e. The Morgan fingerprint density at radius 3 is 2.21 bits per heavy atom. The molecule has 1 amide bonds. The average Bonchev–Trinajstić information content (AvgIpc) is 2.77. The summed E-state index contributed by atoms with van der Waals surface area (Å²) in [4.78, 5) is 17.4. The molecule has 0 saturated carbocycles. The highest BCUT2D eigenvalue weighted by molar-refractivity contribution is 6.36. The number of anilines is 3. The van der Waals surface area contributed by atoms with Gasteiger partial charge in [-0.05, 0) is 36.4 Å². The Balaban J connectivity index is 1.64. The number of benzene rings is 2. The molecule has 0 bridgehead atoms. The average molecular weight is 436 g/mol. The van der Waals surface area contributed by atoms with Crippen LogP contribution in [0.15, 0.2) is 36.4 Å². The van der Waals surface area contributed by atoms with Crippen LogP contribution in [-0.2, 0) is 9.47 Å². The van der Waals surface area contributed by atoms with E-state index in [1.807, 2.05) is 12.1 Å². The molecule has 0 unspecified atom stereocenters. The summed E-state index contributed by atoms with van der Waals surface area (Å²) >= 11 is 12.3. The van der Waals surface area contributed by atoms with E-state index in [2.05, 4.69) is 21.2 Å². The highest BCUT2D eigenvalue weighted by Crippen LogP contribution is 2.33. The monoisotopic (exact) mass is 435 g/mol. The van der Waals surface area contributed by atoms with Gasteiger partial charge in [0.2, 0.25) is 0 Å². The largest absolute Gasteiger partial charge is 0.378 e. The summed E-state index contributed by atoms with van der Waals surface area (Å²) in [5.74, 6) is -0.286. The number of hydrogen-bond donors (Lipinski definition) is 1. The van der Waals surface area contributed by atoms with E-state index in [0.29, 0.717) is 28.8 Å². The van der Waals surface area contributed by atoms with Gasteiger partial charge in [-0.2, -0.15) is 0 Å². The third-order valence-corrected chi connectivity index (χ3v) is 5.70. The molecule has 8 heteroatoms. The minimum Gasteiger partial charge on any atom is -0.378 e. The number of rotatable bonds is 4. The lowest BCUT2D eigenvalue weighted by Crippen LogP contribution is -2.38. The normalized spacial score (nSPS) is 17.3. The van der Waals surface area contributed by atoms with Crippen molar-refractivity contribution in [2.75, 3.05) is 67.7 Å². The minimum atomic E-state index is -0.286. The van der Waals surface area contributed by atoms with Gasteiger partial charge in [-0.1, -0.05) is 23.2 Å². The van der Waals surface area contributed by atoms with Gasteiger partial charge in [0.1, 0.15) is 0 Å². The Morgan fingerprint density at radius 2 is 1.52 bits per heavy atom. The molecule has 2 fully saturated rings. The number of ether oxygens (including phenoxy) is 2. The van der Waals surface area contributed by atoms with E-state index < -0.39 is 0 Å². The number of halogens is 2. The van der Waals surface area contributed by atoms with Crippen molar-refractivity contribution in [2.24, 2.45) is 0 Å². The van der Waals surface area contributed by atoms with E-state index in [0.717, 1.165) is 56.5 Å². The van der Waals surface area contributed by atoms with Gasteiger partial charge >= 0.3 is 0 Å². The zero-order valence-electron chi connectivity index (χ0n) is 16.0. The molecular formula is C21H23Cl2N3O3. The van der Waals surface area contributed by atoms with Crippen LogP contribution in [0.25, 0.3) is 0 Å². The van der Waals surface area contributed by atoms with Crippen LogP contribution in [0.2, 0.25) is 10.0 Å². The molecular weight excluding hydrogens is 413 g/mol. The fraction of sp³-hybridized carbons (Fsp3) is 0.381. The Bertz CT molecular complexity index is 881. The maximum atomic E-state index is 12.9. The summed E-state index contributed by atoms with van der Waals surface area (Å²) in [6.45, 7) is 6.02. The predicted octanol–water partition coefficient (Wildman–Crippen LogP) is 3.92. The lowest BCUT2D eigenvalue weighted by atomic mass is 10.1. The molecule has 2 heterocycles. The zero-order chi connectivity index (χ0) is 20.2. The highest BCUT2D eigenvalue weighted by Gasteiger charge is 2.20. The summed E-state index contributed by atoms with van der Waals surface area (Å²) in [7, 11) is 0. The fourth-order valence-corrected chi connectivity index (χ4v) is 3.95. The van der Waals surface area contributed by atoms with Crippen molar-refractivity contribution in [3.8, 4) is 0 Å². The first-order valence-corrected chi connectivity index (χ1v) is 10.4. The molecule has 0 radical (unpaired) electrons. The summed E-state index contributed by atoms with van der Waals surface area (Å²) in [5.41, 5.74) is 3.19. The first kappa shape index (κ1) is 20.3. The van der Waals surface area contributed by atoms with Gasteiger partial charge < -0.3 is 24.6 Å². The van der Waals surface area contributed by atoms with Gasteiger partial charge in [-0.15, -0.1) is 0 Å². The van der Waals surface area contributed by atoms with Crippen molar-refractivity contribution >= 4 is 46.2 Å². The lowest BCUT2D eigenvalue weighted by molar-refractivity contribution is 0.102. The number of hydrogen-bond acceptors (Lipinski definition) is 5. The topological polar surface area (TPSA) is 54.0 Å². The zero-order valence-corrected chi connectivity index (χ0v) is 17.5. The first-order valence-electron chi connectivity index (χ1n) is 9.67. The van der Waals surface area contributed by atoms with Crippen molar-refractivity contribution in [3.05, 3.63) is 52.0 Å². The summed E-state index contributed by atoms with van der Waals surface area (Å²) < 4.78 is 11.0. The van der Waals surface area contributed by atoms with Crippen molar-refractivity contribution in [1.29, 1.82) is 0 Å². The summed E-state index contributed by atoms with van der Waals surface area (Å²) in [6.07, 6.45) is 0. The number of amides is 1. The molecule has 0 aromatic heterocycles. The molecule has 154 valence electrons. The number of morpholine rings is 2. The molecule has 2 saturated heterocycles. The van der Waals surface area contributed by atoms with Crippen LogP contribution in [0.5, 0.6) is 0 Å². The predicted molar refractivity (Wildman–Crippen MR) is 117 cm³/mol. The van der Waals surface area contributed by atoms with Crippen LogP contribution in [-0.4, -0.2) is 58.5 Å². The van der Waals surface area contributed by atoms with Gasteiger partial charge in [0.15, 0.2) is 0 Å². The van der Waals surface area contributed by atoms with Crippen LogP contribution < -0.4 is 15.1 Å². The molecule has 2 aromatic carbocycles. The molecule has 0 spiro atoms. The molecule has 4 rings (SSSR count). The van der Waals surface area contributed by atoms with E-state index in [1.54, 1.807) is 18.2 Å². The van der Waals surface area contributed by atoms with Gasteiger partial charge in [-0.3, -0.25) is 4.79 Å². The number of nitrogens with zero attached hydrogens (tertiary/aromatic N) is 2. The van der Waals surface area contributed by atoms with E-state index in [4.69, 9.17) is 32.7 Å². The van der Waals surface area contributed by atoms with Crippen molar-refractivity contribution in [2.45, 2.75) is 0 Å². The van der Waals surface area contributed by atoms with E-state index in [9.17, 15) is 4.79 Å². The minimum absolute atomic E-state index is 0.286. The third-order valence-electron chi connectivity index (χ3n) is 5.13. The van der Waals surface area contributed by atoms with Gasteiger partial charge in [-0.25, -0.2) is 0 Å². The highest BCUT2D eigenvalue weighted by atomic mass is 35.5. The second kappa shape index (κ2) is 9.22. The third kappa shape index (κ3) is 4.78. The van der Waals surface area contributed by atoms with E-state index in [1.165, 1.54) is 0 Å². The quantitative estimate of drug-likeness (QED) is 0.788. The van der Waals surface area contributed by atoms with E-state index in [-0.39, 0.29) is 5.91 Å². The first-order chi connectivity index (χ1) is 14.1. The van der Waals surface area contributed by atoms with E-state index >= 15 is 0 Å².